The second-order valence-electron chi connectivity index (χ2n) is 4.61. The summed E-state index contributed by atoms with van der Waals surface area (Å²) in [5, 5.41) is 6.70. The number of halogens is 1. The molecule has 0 atom stereocenters. The highest BCUT2D eigenvalue weighted by atomic mass is 35.5. The summed E-state index contributed by atoms with van der Waals surface area (Å²) in [5.41, 5.74) is 3.44. The van der Waals surface area contributed by atoms with E-state index in [-0.39, 0.29) is 0 Å². The molecule has 0 fully saturated rings. The van der Waals surface area contributed by atoms with E-state index in [1.807, 2.05) is 24.3 Å². The summed E-state index contributed by atoms with van der Waals surface area (Å²) in [7, 11) is 0. The van der Waals surface area contributed by atoms with Gasteiger partial charge in [0.25, 0.3) is 0 Å². The van der Waals surface area contributed by atoms with Crippen molar-refractivity contribution >= 4 is 33.7 Å². The molecule has 0 aromatic heterocycles. The summed E-state index contributed by atoms with van der Waals surface area (Å²) >= 11 is 5.90. The van der Waals surface area contributed by atoms with Gasteiger partial charge in [0, 0.05) is 21.8 Å². The van der Waals surface area contributed by atoms with Gasteiger partial charge in [-0.2, -0.15) is 0 Å². The number of aryl methyl sites for hydroxylation is 1. The minimum Gasteiger partial charge on any atom is -0.355 e. The van der Waals surface area contributed by atoms with Crippen molar-refractivity contribution in [3.63, 3.8) is 0 Å². The molecule has 0 heterocycles. The van der Waals surface area contributed by atoms with Crippen LogP contribution in [0.3, 0.4) is 0 Å². The molecule has 0 saturated carbocycles. The van der Waals surface area contributed by atoms with E-state index in [1.54, 1.807) is 0 Å². The average Bonchev–Trinajstić information content (AvgIpc) is 2.45. The number of anilines is 2. The number of hydrogen-bond acceptors (Lipinski definition) is 1. The van der Waals surface area contributed by atoms with Crippen LogP contribution in [-0.2, 0) is 0 Å². The predicted octanol–water partition coefficient (Wildman–Crippen LogP) is 5.55. The van der Waals surface area contributed by atoms with Crippen LogP contribution in [0.5, 0.6) is 0 Å². The second-order valence-corrected chi connectivity index (χ2v) is 5.04. The highest BCUT2D eigenvalue weighted by molar-refractivity contribution is 6.30. The van der Waals surface area contributed by atoms with Crippen molar-refractivity contribution in [1.29, 1.82) is 0 Å². The van der Waals surface area contributed by atoms with Crippen LogP contribution in [-0.4, -0.2) is 0 Å². The van der Waals surface area contributed by atoms with Crippen LogP contribution in [0.2, 0.25) is 5.02 Å². The van der Waals surface area contributed by atoms with Crippen LogP contribution in [0.15, 0.2) is 60.7 Å². The van der Waals surface area contributed by atoms with Gasteiger partial charge in [-0.1, -0.05) is 41.9 Å². The molecule has 0 aliphatic carbocycles. The molecule has 1 nitrogen and oxygen atoms in total. The fraction of sp³-hybridized carbons (Fsp3) is 0.0588. The zero-order valence-corrected chi connectivity index (χ0v) is 11.4. The maximum Gasteiger partial charge on any atom is 0.0464 e. The third-order valence-electron chi connectivity index (χ3n) is 3.27. The first-order valence-electron chi connectivity index (χ1n) is 6.25. The Balaban J connectivity index is 2.06. The molecule has 0 aliphatic heterocycles. The third kappa shape index (κ3) is 2.42. The van der Waals surface area contributed by atoms with Crippen LogP contribution in [0, 0.1) is 6.92 Å². The maximum absolute atomic E-state index is 5.90. The zero-order chi connectivity index (χ0) is 13.2. The van der Waals surface area contributed by atoms with Gasteiger partial charge < -0.3 is 5.32 Å². The molecule has 3 rings (SSSR count). The van der Waals surface area contributed by atoms with Gasteiger partial charge in [0.15, 0.2) is 0 Å². The first-order chi connectivity index (χ1) is 9.24. The maximum atomic E-state index is 5.90. The van der Waals surface area contributed by atoms with E-state index in [0.717, 1.165) is 16.4 Å². The Labute approximate surface area is 117 Å². The first-order valence-corrected chi connectivity index (χ1v) is 6.63. The third-order valence-corrected chi connectivity index (χ3v) is 3.52. The Bertz CT molecular complexity index is 717. The summed E-state index contributed by atoms with van der Waals surface area (Å²) in [6.45, 7) is 2.13. The van der Waals surface area contributed by atoms with Crippen LogP contribution in [0.1, 0.15) is 5.56 Å². The molecule has 0 spiro atoms. The molecule has 19 heavy (non-hydrogen) atoms. The van der Waals surface area contributed by atoms with Crippen molar-refractivity contribution < 1.29 is 0 Å². The lowest BCUT2D eigenvalue weighted by atomic mass is 10.0. The fourth-order valence-corrected chi connectivity index (χ4v) is 2.37. The highest BCUT2D eigenvalue weighted by Crippen LogP contribution is 2.29. The van der Waals surface area contributed by atoms with E-state index in [4.69, 9.17) is 11.6 Å². The highest BCUT2D eigenvalue weighted by Gasteiger charge is 2.03. The quantitative estimate of drug-likeness (QED) is 0.642. The van der Waals surface area contributed by atoms with Gasteiger partial charge >= 0.3 is 0 Å². The Hall–Kier alpha value is -1.99. The Morgan fingerprint density at radius 1 is 0.789 bits per heavy atom. The number of hydrogen-bond donors (Lipinski definition) is 1. The van der Waals surface area contributed by atoms with Crippen LogP contribution < -0.4 is 5.32 Å². The molecule has 0 unspecified atom stereocenters. The van der Waals surface area contributed by atoms with E-state index in [9.17, 15) is 0 Å². The van der Waals surface area contributed by atoms with Crippen molar-refractivity contribution in [2.75, 3.05) is 5.32 Å². The van der Waals surface area contributed by atoms with Gasteiger partial charge in [-0.15, -0.1) is 0 Å². The van der Waals surface area contributed by atoms with Gasteiger partial charge in [0.1, 0.15) is 0 Å². The molecule has 2 heteroatoms. The number of fused-ring (bicyclic) bond motifs is 1. The van der Waals surface area contributed by atoms with Gasteiger partial charge in [0.05, 0.1) is 0 Å². The summed E-state index contributed by atoms with van der Waals surface area (Å²) < 4.78 is 0. The Morgan fingerprint density at radius 2 is 1.47 bits per heavy atom. The molecular weight excluding hydrogens is 254 g/mol. The lowest BCUT2D eigenvalue weighted by Gasteiger charge is -2.11. The summed E-state index contributed by atoms with van der Waals surface area (Å²) in [6.07, 6.45) is 0. The van der Waals surface area contributed by atoms with E-state index < -0.39 is 0 Å². The number of benzene rings is 3. The largest absolute Gasteiger partial charge is 0.355 e. The lowest BCUT2D eigenvalue weighted by Crippen LogP contribution is -1.92. The van der Waals surface area contributed by atoms with E-state index in [2.05, 4.69) is 48.6 Å². The molecule has 0 bridgehead atoms. The Kier molecular flexibility index (Phi) is 3.14. The monoisotopic (exact) mass is 267 g/mol. The molecule has 1 N–H and O–H groups in total. The fourth-order valence-electron chi connectivity index (χ4n) is 2.25. The van der Waals surface area contributed by atoms with Gasteiger partial charge in [0.2, 0.25) is 0 Å². The van der Waals surface area contributed by atoms with Gasteiger partial charge in [-0.05, 0) is 48.2 Å². The number of rotatable bonds is 2. The minimum atomic E-state index is 0.749. The topological polar surface area (TPSA) is 12.0 Å². The average molecular weight is 268 g/mol. The summed E-state index contributed by atoms with van der Waals surface area (Å²) in [4.78, 5) is 0. The van der Waals surface area contributed by atoms with Crippen molar-refractivity contribution in [2.45, 2.75) is 6.92 Å². The molecule has 3 aromatic rings. The van der Waals surface area contributed by atoms with Gasteiger partial charge in [-0.3, -0.25) is 0 Å². The van der Waals surface area contributed by atoms with Crippen molar-refractivity contribution in [3.8, 4) is 0 Å². The predicted molar refractivity (Wildman–Crippen MR) is 83.4 cm³/mol. The normalized spacial score (nSPS) is 10.6. The van der Waals surface area contributed by atoms with Crippen LogP contribution in [0.25, 0.3) is 10.8 Å². The first kappa shape index (κ1) is 12.1. The molecule has 0 saturated heterocycles. The van der Waals surface area contributed by atoms with Crippen molar-refractivity contribution in [1.82, 2.24) is 0 Å². The summed E-state index contributed by atoms with van der Waals surface area (Å²) in [5.74, 6) is 0. The SMILES string of the molecule is Cc1ccc(Nc2ccc(Cl)cc2)c2ccccc12. The van der Waals surface area contributed by atoms with Crippen LogP contribution in [0.4, 0.5) is 11.4 Å². The summed E-state index contributed by atoms with van der Waals surface area (Å²) in [6, 6.07) is 20.4. The molecule has 0 amide bonds. The molecule has 3 aromatic carbocycles. The van der Waals surface area contributed by atoms with E-state index in [0.29, 0.717) is 0 Å². The standard InChI is InChI=1S/C17H14ClN/c1-12-6-11-17(16-5-3-2-4-15(12)16)19-14-9-7-13(18)8-10-14/h2-11,19H,1H3. The lowest BCUT2D eigenvalue weighted by molar-refractivity contribution is 1.51. The molecule has 0 radical (unpaired) electrons. The molecule has 94 valence electrons. The zero-order valence-electron chi connectivity index (χ0n) is 10.7. The van der Waals surface area contributed by atoms with E-state index >= 15 is 0 Å². The van der Waals surface area contributed by atoms with Gasteiger partial charge in [-0.25, -0.2) is 0 Å². The smallest absolute Gasteiger partial charge is 0.0464 e. The van der Waals surface area contributed by atoms with E-state index in [1.165, 1.54) is 16.3 Å². The minimum absolute atomic E-state index is 0.749. The van der Waals surface area contributed by atoms with Crippen molar-refractivity contribution in [2.24, 2.45) is 0 Å². The second kappa shape index (κ2) is 4.94. The molecule has 0 aliphatic rings. The molecular formula is C17H14ClN. The number of nitrogens with one attached hydrogen (secondary N) is 1. The Morgan fingerprint density at radius 3 is 2.21 bits per heavy atom. The van der Waals surface area contributed by atoms with Crippen LogP contribution >= 0.6 is 11.6 Å². The van der Waals surface area contributed by atoms with Crippen molar-refractivity contribution in [3.05, 3.63) is 71.2 Å².